The van der Waals surface area contributed by atoms with Gasteiger partial charge in [0, 0.05) is 19.2 Å². The summed E-state index contributed by atoms with van der Waals surface area (Å²) in [6.45, 7) is 0. The summed E-state index contributed by atoms with van der Waals surface area (Å²) in [7, 11) is 1.81. The van der Waals surface area contributed by atoms with E-state index >= 15 is 0 Å². The van der Waals surface area contributed by atoms with E-state index in [2.05, 4.69) is 22.4 Å². The smallest absolute Gasteiger partial charge is 0.142 e. The highest BCUT2D eigenvalue weighted by Crippen LogP contribution is 2.27. The van der Waals surface area contributed by atoms with Crippen LogP contribution >= 0.6 is 0 Å². The third-order valence-electron chi connectivity index (χ3n) is 3.51. The Morgan fingerprint density at radius 3 is 2.56 bits per heavy atom. The quantitative estimate of drug-likeness (QED) is 0.814. The van der Waals surface area contributed by atoms with E-state index in [9.17, 15) is 4.79 Å². The van der Waals surface area contributed by atoms with E-state index in [1.54, 1.807) is 10.9 Å². The number of ketones is 1. The van der Waals surface area contributed by atoms with E-state index < -0.39 is 0 Å². The lowest BCUT2D eigenvalue weighted by atomic mass is 9.97. The Bertz CT molecular complexity index is 563. The number of hydrogen-bond acceptors (Lipinski definition) is 3. The molecule has 18 heavy (non-hydrogen) atoms. The van der Waals surface area contributed by atoms with Gasteiger partial charge >= 0.3 is 0 Å². The second kappa shape index (κ2) is 4.37. The molecule has 92 valence electrons. The molecule has 0 radical (unpaired) electrons. The summed E-state index contributed by atoms with van der Waals surface area (Å²) in [5.74, 6) is 0.385. The molecular weight excluding hydrogens is 226 g/mol. The van der Waals surface area contributed by atoms with Crippen LogP contribution in [0.1, 0.15) is 16.8 Å². The van der Waals surface area contributed by atoms with Crippen LogP contribution in [-0.4, -0.2) is 20.8 Å². The number of fused-ring (bicyclic) bond motifs is 1. The Hall–Kier alpha value is -1.97. The molecule has 1 aliphatic carbocycles. The second-order valence-electron chi connectivity index (χ2n) is 4.90. The molecule has 4 heteroatoms. The number of rotatable bonds is 3. The van der Waals surface area contributed by atoms with Gasteiger partial charge < -0.3 is 0 Å². The summed E-state index contributed by atoms with van der Waals surface area (Å²) < 4.78 is 1.63. The summed E-state index contributed by atoms with van der Waals surface area (Å²) in [6.07, 6.45) is 3.94. The summed E-state index contributed by atoms with van der Waals surface area (Å²) in [5, 5.41) is 7.82. The van der Waals surface area contributed by atoms with Crippen molar-refractivity contribution in [3.05, 3.63) is 47.3 Å². The molecule has 0 N–H and O–H groups in total. The molecule has 0 spiro atoms. The molecule has 4 nitrogen and oxygen atoms in total. The molecule has 0 unspecified atom stereocenters. The van der Waals surface area contributed by atoms with Crippen LogP contribution in [0, 0.1) is 5.92 Å². The third-order valence-corrected chi connectivity index (χ3v) is 3.51. The first-order valence-electron chi connectivity index (χ1n) is 6.17. The first-order chi connectivity index (χ1) is 8.72. The Kier molecular flexibility index (Phi) is 2.70. The molecule has 0 amide bonds. The normalized spacial score (nSPS) is 14.7. The zero-order valence-electron chi connectivity index (χ0n) is 10.3. The van der Waals surface area contributed by atoms with Gasteiger partial charge in [-0.25, -0.2) is 0 Å². The molecule has 0 atom stereocenters. The summed E-state index contributed by atoms with van der Waals surface area (Å²) in [6, 6.07) is 8.30. The maximum Gasteiger partial charge on any atom is 0.142 e. The van der Waals surface area contributed by atoms with E-state index in [1.807, 2.05) is 19.2 Å². The highest BCUT2D eigenvalue weighted by Gasteiger charge is 2.27. The van der Waals surface area contributed by atoms with Crippen molar-refractivity contribution < 1.29 is 4.79 Å². The summed E-state index contributed by atoms with van der Waals surface area (Å²) in [5.41, 5.74) is 3.39. The van der Waals surface area contributed by atoms with Gasteiger partial charge in [-0.2, -0.15) is 0 Å². The van der Waals surface area contributed by atoms with Gasteiger partial charge in [0.25, 0.3) is 0 Å². The fourth-order valence-corrected chi connectivity index (χ4v) is 2.59. The van der Waals surface area contributed by atoms with Crippen molar-refractivity contribution in [2.75, 3.05) is 0 Å². The van der Waals surface area contributed by atoms with Crippen LogP contribution in [0.25, 0.3) is 0 Å². The summed E-state index contributed by atoms with van der Waals surface area (Å²) >= 11 is 0. The average Bonchev–Trinajstić information content (AvgIpc) is 2.95. The van der Waals surface area contributed by atoms with Crippen molar-refractivity contribution in [1.29, 1.82) is 0 Å². The van der Waals surface area contributed by atoms with Crippen LogP contribution < -0.4 is 0 Å². The highest BCUT2D eigenvalue weighted by molar-refractivity contribution is 5.84. The third kappa shape index (κ3) is 2.06. The number of benzene rings is 1. The Morgan fingerprint density at radius 1 is 1.33 bits per heavy atom. The molecule has 0 fully saturated rings. The molecule has 1 heterocycles. The van der Waals surface area contributed by atoms with Crippen molar-refractivity contribution in [3.63, 3.8) is 0 Å². The summed E-state index contributed by atoms with van der Waals surface area (Å²) in [4.78, 5) is 12.2. The molecule has 0 bridgehead atoms. The fourth-order valence-electron chi connectivity index (χ4n) is 2.59. The van der Waals surface area contributed by atoms with Crippen LogP contribution in [0.15, 0.2) is 30.5 Å². The molecule has 1 aliphatic rings. The lowest BCUT2D eigenvalue weighted by molar-refractivity contribution is -0.122. The average molecular weight is 241 g/mol. The van der Waals surface area contributed by atoms with Crippen molar-refractivity contribution in [1.82, 2.24) is 15.0 Å². The monoisotopic (exact) mass is 241 g/mol. The van der Waals surface area contributed by atoms with Crippen molar-refractivity contribution in [2.45, 2.75) is 19.3 Å². The Labute approximate surface area is 106 Å². The molecule has 0 saturated heterocycles. The fraction of sp³-hybridized carbons (Fsp3) is 0.357. The van der Waals surface area contributed by atoms with Gasteiger partial charge in [0.1, 0.15) is 5.78 Å². The Morgan fingerprint density at radius 2 is 2.00 bits per heavy atom. The van der Waals surface area contributed by atoms with Gasteiger partial charge in [0.05, 0.1) is 12.1 Å². The van der Waals surface area contributed by atoms with Gasteiger partial charge in [0.2, 0.25) is 0 Å². The first-order valence-corrected chi connectivity index (χ1v) is 6.17. The van der Waals surface area contributed by atoms with Crippen LogP contribution in [0.3, 0.4) is 0 Å². The molecule has 1 aromatic heterocycles. The lowest BCUT2D eigenvalue weighted by Crippen LogP contribution is -2.17. The molecule has 0 aliphatic heterocycles. The van der Waals surface area contributed by atoms with Gasteiger partial charge in [-0.1, -0.05) is 29.5 Å². The molecular formula is C14H15N3O. The molecule has 3 rings (SSSR count). The first kappa shape index (κ1) is 11.1. The SMILES string of the molecule is Cn1cc(CC(=O)C2Cc3ccccc3C2)nn1. The highest BCUT2D eigenvalue weighted by atomic mass is 16.1. The number of aromatic nitrogens is 3. The number of carbonyl (C=O) groups excluding carboxylic acids is 1. The molecule has 1 aromatic carbocycles. The number of aryl methyl sites for hydroxylation is 1. The van der Waals surface area contributed by atoms with E-state index in [-0.39, 0.29) is 11.7 Å². The minimum atomic E-state index is 0.115. The second-order valence-corrected chi connectivity index (χ2v) is 4.90. The number of Topliss-reactive ketones (excluding diaryl/α,β-unsaturated/α-hetero) is 1. The molecule has 2 aromatic rings. The zero-order chi connectivity index (χ0) is 12.5. The topological polar surface area (TPSA) is 47.8 Å². The van der Waals surface area contributed by atoms with Gasteiger partial charge in [-0.3, -0.25) is 9.48 Å². The zero-order valence-corrected chi connectivity index (χ0v) is 10.3. The van der Waals surface area contributed by atoms with E-state index in [1.165, 1.54) is 11.1 Å². The maximum absolute atomic E-state index is 12.2. The van der Waals surface area contributed by atoms with Crippen molar-refractivity contribution in [2.24, 2.45) is 13.0 Å². The minimum absolute atomic E-state index is 0.115. The predicted octanol–water partition coefficient (Wildman–Crippen LogP) is 1.34. The van der Waals surface area contributed by atoms with E-state index in [0.717, 1.165) is 18.5 Å². The molecule has 0 saturated carbocycles. The van der Waals surface area contributed by atoms with Gasteiger partial charge in [0.15, 0.2) is 0 Å². The van der Waals surface area contributed by atoms with Crippen molar-refractivity contribution in [3.8, 4) is 0 Å². The van der Waals surface area contributed by atoms with Crippen LogP contribution in [0.4, 0.5) is 0 Å². The lowest BCUT2D eigenvalue weighted by Gasteiger charge is -2.05. The predicted molar refractivity (Wildman–Crippen MR) is 67.1 cm³/mol. The standard InChI is InChI=1S/C14H15N3O/c1-17-9-13(15-16-17)8-14(18)12-6-10-4-2-3-5-11(10)7-12/h2-5,9,12H,6-8H2,1H3. The number of carbonyl (C=O) groups is 1. The van der Waals surface area contributed by atoms with Gasteiger partial charge in [-0.05, 0) is 24.0 Å². The van der Waals surface area contributed by atoms with Gasteiger partial charge in [-0.15, -0.1) is 5.10 Å². The number of hydrogen-bond donors (Lipinski definition) is 0. The van der Waals surface area contributed by atoms with Crippen molar-refractivity contribution >= 4 is 5.78 Å². The minimum Gasteiger partial charge on any atom is -0.299 e. The largest absolute Gasteiger partial charge is 0.299 e. The maximum atomic E-state index is 12.2. The Balaban J connectivity index is 1.69. The van der Waals surface area contributed by atoms with E-state index in [4.69, 9.17) is 0 Å². The van der Waals surface area contributed by atoms with Crippen LogP contribution in [0.2, 0.25) is 0 Å². The van der Waals surface area contributed by atoms with Crippen LogP contribution in [-0.2, 0) is 31.1 Å². The van der Waals surface area contributed by atoms with Crippen LogP contribution in [0.5, 0.6) is 0 Å². The number of nitrogens with zero attached hydrogens (tertiary/aromatic N) is 3. The van der Waals surface area contributed by atoms with E-state index in [0.29, 0.717) is 6.42 Å².